The summed E-state index contributed by atoms with van der Waals surface area (Å²) in [5.74, 6) is 0. The third-order valence-corrected chi connectivity index (χ3v) is 1.65. The van der Waals surface area contributed by atoms with Crippen LogP contribution in [0.25, 0.3) is 0 Å². The predicted octanol–water partition coefficient (Wildman–Crippen LogP) is 2.23. The van der Waals surface area contributed by atoms with E-state index in [1.165, 1.54) is 0 Å². The Hall–Kier alpha value is -1.20. The summed E-state index contributed by atoms with van der Waals surface area (Å²) < 4.78 is 0. The molecule has 3 heteroatoms. The quantitative estimate of drug-likeness (QED) is 0.574. The molecule has 0 saturated carbocycles. The second-order valence-electron chi connectivity index (χ2n) is 2.34. The highest BCUT2D eigenvalue weighted by molar-refractivity contribution is 6.22. The number of hydrogen-bond donors (Lipinski definition) is 1. The van der Waals surface area contributed by atoms with Gasteiger partial charge >= 0.3 is 0 Å². The Morgan fingerprint density at radius 1 is 1.42 bits per heavy atom. The van der Waals surface area contributed by atoms with Gasteiger partial charge in [-0.3, -0.25) is 0 Å². The summed E-state index contributed by atoms with van der Waals surface area (Å²) in [5, 5.41) is 11.0. The van der Waals surface area contributed by atoms with Gasteiger partial charge < -0.3 is 5.32 Å². The molecule has 1 atom stereocenters. The summed E-state index contributed by atoms with van der Waals surface area (Å²) in [5.41, 5.74) is 0.985. The number of benzene rings is 1. The lowest BCUT2D eigenvalue weighted by atomic mass is 10.3. The van der Waals surface area contributed by atoms with Crippen LogP contribution in [-0.2, 0) is 0 Å². The molecule has 0 saturated heterocycles. The van der Waals surface area contributed by atoms with Gasteiger partial charge in [0.05, 0.1) is 6.07 Å². The summed E-state index contributed by atoms with van der Waals surface area (Å²) in [6.45, 7) is 0.474. The van der Waals surface area contributed by atoms with E-state index in [2.05, 4.69) is 5.32 Å². The van der Waals surface area contributed by atoms with Gasteiger partial charge in [-0.15, -0.1) is 11.6 Å². The Morgan fingerprint density at radius 3 is 2.67 bits per heavy atom. The topological polar surface area (TPSA) is 35.8 Å². The summed E-state index contributed by atoms with van der Waals surface area (Å²) in [6.07, 6.45) is 0. The molecule has 0 aliphatic rings. The monoisotopic (exact) mass is 181 g/mol. The Labute approximate surface area is 76.8 Å². The van der Waals surface area contributed by atoms with E-state index in [4.69, 9.17) is 16.9 Å². The second kappa shape index (κ2) is 4.63. The molecule has 0 aliphatic heterocycles. The van der Waals surface area contributed by atoms with Gasteiger partial charge in [0.25, 0.3) is 0 Å². The fourth-order valence-corrected chi connectivity index (χ4v) is 0.886. The highest BCUT2D eigenvalue weighted by Gasteiger charge is 1.99. The van der Waals surface area contributed by atoms with Crippen molar-refractivity contribution in [2.75, 3.05) is 11.9 Å². The molecule has 0 radical (unpaired) electrons. The highest BCUT2D eigenvalue weighted by atomic mass is 35.5. The Morgan fingerprint density at radius 2 is 2.08 bits per heavy atom. The molecular formula is C9H9ClN2. The lowest BCUT2D eigenvalue weighted by Gasteiger charge is -2.04. The molecule has 0 aromatic heterocycles. The van der Waals surface area contributed by atoms with E-state index in [0.717, 1.165) is 5.69 Å². The van der Waals surface area contributed by atoms with Gasteiger partial charge in [-0.25, -0.2) is 0 Å². The SMILES string of the molecule is N#[13C]C(Cl)CNc1ccccc1. The van der Waals surface area contributed by atoms with Crippen LogP contribution in [0.4, 0.5) is 5.69 Å². The Bertz CT molecular complexity index is 266. The average Bonchev–Trinajstić information content (AvgIpc) is 2.16. The minimum Gasteiger partial charge on any atom is -0.382 e. The van der Waals surface area contributed by atoms with Crippen LogP contribution in [-0.4, -0.2) is 11.9 Å². The van der Waals surface area contributed by atoms with E-state index in [9.17, 15) is 0 Å². The third-order valence-electron chi connectivity index (χ3n) is 1.40. The van der Waals surface area contributed by atoms with Crippen LogP contribution >= 0.6 is 11.6 Å². The molecule has 2 nitrogen and oxygen atoms in total. The first-order valence-electron chi connectivity index (χ1n) is 3.65. The number of nitriles is 1. The van der Waals surface area contributed by atoms with E-state index in [1.807, 2.05) is 36.4 Å². The van der Waals surface area contributed by atoms with Gasteiger partial charge in [0, 0.05) is 12.2 Å². The Balaban J connectivity index is 2.40. The fourth-order valence-electron chi connectivity index (χ4n) is 0.809. The number of anilines is 1. The van der Waals surface area contributed by atoms with E-state index >= 15 is 0 Å². The molecule has 1 N–H and O–H groups in total. The number of rotatable bonds is 3. The van der Waals surface area contributed by atoms with Crippen molar-refractivity contribution in [3.05, 3.63) is 30.3 Å². The van der Waals surface area contributed by atoms with Gasteiger partial charge in [0.15, 0.2) is 0 Å². The number of alkyl halides is 1. The maximum atomic E-state index is 8.39. The summed E-state index contributed by atoms with van der Waals surface area (Å²) >= 11 is 5.59. The molecule has 0 spiro atoms. The first-order chi connectivity index (χ1) is 5.83. The number of para-hydroxylation sites is 1. The maximum Gasteiger partial charge on any atom is 0.137 e. The molecule has 1 aromatic rings. The van der Waals surface area contributed by atoms with Gasteiger partial charge in [0.1, 0.15) is 5.38 Å². The minimum atomic E-state index is -0.467. The largest absolute Gasteiger partial charge is 0.382 e. The molecule has 0 fully saturated rings. The van der Waals surface area contributed by atoms with E-state index in [0.29, 0.717) is 6.54 Å². The zero-order valence-corrected chi connectivity index (χ0v) is 7.25. The van der Waals surface area contributed by atoms with Crippen molar-refractivity contribution in [3.8, 4) is 6.07 Å². The normalized spacial score (nSPS) is 11.7. The molecule has 0 amide bonds. The van der Waals surface area contributed by atoms with E-state index in [-0.39, 0.29) is 0 Å². The summed E-state index contributed by atoms with van der Waals surface area (Å²) in [6, 6.07) is 11.6. The number of hydrogen-bond acceptors (Lipinski definition) is 2. The van der Waals surface area contributed by atoms with Gasteiger partial charge in [0.2, 0.25) is 0 Å². The molecular weight excluding hydrogens is 173 g/mol. The molecule has 1 aromatic carbocycles. The van der Waals surface area contributed by atoms with Crippen LogP contribution in [0, 0.1) is 11.3 Å². The van der Waals surface area contributed by atoms with Gasteiger partial charge in [-0.1, -0.05) is 18.2 Å². The second-order valence-corrected chi connectivity index (χ2v) is 2.87. The summed E-state index contributed by atoms with van der Waals surface area (Å²) in [7, 11) is 0. The van der Waals surface area contributed by atoms with Crippen LogP contribution in [0.2, 0.25) is 0 Å². The number of nitrogens with one attached hydrogen (secondary N) is 1. The zero-order chi connectivity index (χ0) is 8.81. The first kappa shape index (κ1) is 8.89. The molecule has 0 bridgehead atoms. The predicted molar refractivity (Wildman–Crippen MR) is 50.2 cm³/mol. The molecule has 0 heterocycles. The summed E-state index contributed by atoms with van der Waals surface area (Å²) in [4.78, 5) is 0. The van der Waals surface area contributed by atoms with Crippen molar-refractivity contribution in [3.63, 3.8) is 0 Å². The van der Waals surface area contributed by atoms with Crippen molar-refractivity contribution in [1.82, 2.24) is 0 Å². The average molecular weight is 182 g/mol. The first-order valence-corrected chi connectivity index (χ1v) is 4.09. The zero-order valence-electron chi connectivity index (χ0n) is 6.50. The molecule has 62 valence electrons. The van der Waals surface area contributed by atoms with Crippen molar-refractivity contribution in [2.24, 2.45) is 0 Å². The van der Waals surface area contributed by atoms with Crippen LogP contribution in [0.5, 0.6) is 0 Å². The lowest BCUT2D eigenvalue weighted by Crippen LogP contribution is -2.11. The highest BCUT2D eigenvalue weighted by Crippen LogP contribution is 2.05. The smallest absolute Gasteiger partial charge is 0.137 e. The standard InChI is InChI=1S/C9H9ClN2/c10-8(6-11)7-12-9-4-2-1-3-5-9/h1-5,8,12H,7H2/i6+1. The van der Waals surface area contributed by atoms with Crippen LogP contribution in [0.1, 0.15) is 0 Å². The van der Waals surface area contributed by atoms with Crippen molar-refractivity contribution < 1.29 is 0 Å². The Kier molecular flexibility index (Phi) is 3.43. The maximum absolute atomic E-state index is 8.39. The van der Waals surface area contributed by atoms with Crippen LogP contribution < -0.4 is 5.32 Å². The van der Waals surface area contributed by atoms with Crippen LogP contribution in [0.15, 0.2) is 30.3 Å². The molecule has 12 heavy (non-hydrogen) atoms. The van der Waals surface area contributed by atoms with Crippen molar-refractivity contribution in [2.45, 2.75) is 5.38 Å². The molecule has 1 unspecified atom stereocenters. The number of halogens is 1. The third kappa shape index (κ3) is 2.81. The fraction of sp³-hybridized carbons (Fsp3) is 0.222. The van der Waals surface area contributed by atoms with E-state index < -0.39 is 5.38 Å². The lowest BCUT2D eigenvalue weighted by molar-refractivity contribution is 1.08. The van der Waals surface area contributed by atoms with E-state index in [1.54, 1.807) is 0 Å². The van der Waals surface area contributed by atoms with Crippen LogP contribution in [0.3, 0.4) is 0 Å². The van der Waals surface area contributed by atoms with Crippen molar-refractivity contribution >= 4 is 17.3 Å². The number of nitrogens with zero attached hydrogens (tertiary/aromatic N) is 1. The minimum absolute atomic E-state index is 0.467. The van der Waals surface area contributed by atoms with Gasteiger partial charge in [-0.05, 0) is 12.1 Å². The molecule has 0 aliphatic carbocycles. The molecule has 1 rings (SSSR count). The van der Waals surface area contributed by atoms with Gasteiger partial charge in [-0.2, -0.15) is 5.26 Å². The van der Waals surface area contributed by atoms with Crippen molar-refractivity contribution in [1.29, 1.82) is 5.26 Å².